The zero-order chi connectivity index (χ0) is 15.5. The van der Waals surface area contributed by atoms with Crippen LogP contribution >= 0.6 is 22.7 Å². The highest BCUT2D eigenvalue weighted by molar-refractivity contribution is 7.14. The van der Waals surface area contributed by atoms with Crippen molar-refractivity contribution in [3.8, 4) is 11.3 Å². The molecule has 0 aliphatic heterocycles. The summed E-state index contributed by atoms with van der Waals surface area (Å²) in [5, 5.41) is 6.51. The lowest BCUT2D eigenvalue weighted by molar-refractivity contribution is -0.115. The van der Waals surface area contributed by atoms with E-state index in [9.17, 15) is 13.6 Å². The molecule has 1 N–H and O–H groups in total. The normalized spacial score (nSPS) is 10.6. The molecule has 1 aromatic carbocycles. The average molecular weight is 336 g/mol. The van der Waals surface area contributed by atoms with Crippen LogP contribution in [0.15, 0.2) is 41.1 Å². The average Bonchev–Trinajstić information content (AvgIpc) is 3.13. The van der Waals surface area contributed by atoms with Crippen LogP contribution in [-0.2, 0) is 11.2 Å². The molecule has 0 unspecified atom stereocenters. The number of anilines is 1. The monoisotopic (exact) mass is 336 g/mol. The number of nitrogens with one attached hydrogen (secondary N) is 1. The second-order valence-corrected chi connectivity index (χ2v) is 6.36. The van der Waals surface area contributed by atoms with E-state index in [-0.39, 0.29) is 17.9 Å². The Bertz CT molecular complexity index is 800. The van der Waals surface area contributed by atoms with Crippen molar-refractivity contribution < 1.29 is 13.6 Å². The molecule has 0 bridgehead atoms. The van der Waals surface area contributed by atoms with E-state index in [1.54, 1.807) is 5.38 Å². The van der Waals surface area contributed by atoms with Gasteiger partial charge in [0.1, 0.15) is 11.6 Å². The molecule has 2 aromatic heterocycles. The van der Waals surface area contributed by atoms with Gasteiger partial charge in [-0.25, -0.2) is 13.8 Å². The molecule has 0 fully saturated rings. The van der Waals surface area contributed by atoms with Gasteiger partial charge < -0.3 is 5.32 Å². The van der Waals surface area contributed by atoms with Crippen LogP contribution in [-0.4, -0.2) is 10.9 Å². The van der Waals surface area contributed by atoms with Crippen LogP contribution in [0.4, 0.5) is 13.9 Å². The standard InChI is InChI=1S/C15H10F2N2OS2/c16-9-3-4-12(17)11(6-9)13-8-22-15(18-13)19-14(20)7-10-2-1-5-21-10/h1-6,8H,7H2,(H,18,19,20). The van der Waals surface area contributed by atoms with Crippen LogP contribution in [0.25, 0.3) is 11.3 Å². The lowest BCUT2D eigenvalue weighted by Gasteiger charge is -2.00. The van der Waals surface area contributed by atoms with Gasteiger partial charge in [0, 0.05) is 15.8 Å². The van der Waals surface area contributed by atoms with Gasteiger partial charge in [-0.3, -0.25) is 4.79 Å². The Morgan fingerprint density at radius 3 is 2.86 bits per heavy atom. The molecule has 0 saturated carbocycles. The number of halogens is 2. The Morgan fingerprint density at radius 2 is 2.09 bits per heavy atom. The number of thiazole rings is 1. The van der Waals surface area contributed by atoms with Crippen LogP contribution < -0.4 is 5.32 Å². The highest BCUT2D eigenvalue weighted by Crippen LogP contribution is 2.27. The Labute approximate surface area is 133 Å². The largest absolute Gasteiger partial charge is 0.302 e. The zero-order valence-corrected chi connectivity index (χ0v) is 12.8. The summed E-state index contributed by atoms with van der Waals surface area (Å²) in [6, 6.07) is 6.94. The fourth-order valence-electron chi connectivity index (χ4n) is 1.88. The number of carbonyl (C=O) groups is 1. The Morgan fingerprint density at radius 1 is 1.23 bits per heavy atom. The Kier molecular flexibility index (Phi) is 4.26. The molecule has 7 heteroatoms. The van der Waals surface area contributed by atoms with E-state index >= 15 is 0 Å². The first-order chi connectivity index (χ1) is 10.6. The molecule has 0 saturated heterocycles. The van der Waals surface area contributed by atoms with Gasteiger partial charge in [0.15, 0.2) is 5.13 Å². The van der Waals surface area contributed by atoms with Crippen molar-refractivity contribution in [2.45, 2.75) is 6.42 Å². The predicted molar refractivity (Wildman–Crippen MR) is 84.1 cm³/mol. The minimum absolute atomic E-state index is 0.0787. The molecule has 0 atom stereocenters. The number of thiophene rings is 1. The SMILES string of the molecule is O=C(Cc1cccs1)Nc1nc(-c2cc(F)ccc2F)cs1. The number of rotatable bonds is 4. The van der Waals surface area contributed by atoms with Crippen molar-refractivity contribution in [3.05, 3.63) is 57.6 Å². The van der Waals surface area contributed by atoms with Crippen molar-refractivity contribution in [1.82, 2.24) is 4.98 Å². The van der Waals surface area contributed by atoms with Crippen molar-refractivity contribution in [1.29, 1.82) is 0 Å². The van der Waals surface area contributed by atoms with Gasteiger partial charge in [0.2, 0.25) is 5.91 Å². The van der Waals surface area contributed by atoms with E-state index in [4.69, 9.17) is 0 Å². The zero-order valence-electron chi connectivity index (χ0n) is 11.2. The number of benzene rings is 1. The number of amides is 1. The molecule has 112 valence electrons. The molecule has 2 heterocycles. The van der Waals surface area contributed by atoms with E-state index in [1.165, 1.54) is 22.7 Å². The Balaban J connectivity index is 1.73. The first kappa shape index (κ1) is 14.8. The highest BCUT2D eigenvalue weighted by Gasteiger charge is 2.12. The van der Waals surface area contributed by atoms with Crippen molar-refractivity contribution in [2.24, 2.45) is 0 Å². The molecule has 3 nitrogen and oxygen atoms in total. The number of hydrogen-bond acceptors (Lipinski definition) is 4. The van der Waals surface area contributed by atoms with E-state index in [2.05, 4.69) is 10.3 Å². The number of hydrogen-bond donors (Lipinski definition) is 1. The first-order valence-corrected chi connectivity index (χ1v) is 8.11. The molecule has 0 spiro atoms. The molecule has 0 aliphatic rings. The van der Waals surface area contributed by atoms with E-state index < -0.39 is 11.6 Å². The summed E-state index contributed by atoms with van der Waals surface area (Å²) in [4.78, 5) is 17.0. The highest BCUT2D eigenvalue weighted by atomic mass is 32.1. The van der Waals surface area contributed by atoms with E-state index in [0.29, 0.717) is 10.8 Å². The van der Waals surface area contributed by atoms with Crippen molar-refractivity contribution in [3.63, 3.8) is 0 Å². The molecular weight excluding hydrogens is 326 g/mol. The summed E-state index contributed by atoms with van der Waals surface area (Å²) in [5.74, 6) is -1.28. The second kappa shape index (κ2) is 6.33. The van der Waals surface area contributed by atoms with Crippen LogP contribution in [0.3, 0.4) is 0 Å². The second-order valence-electron chi connectivity index (χ2n) is 4.47. The summed E-state index contributed by atoms with van der Waals surface area (Å²) in [7, 11) is 0. The third-order valence-corrected chi connectivity index (χ3v) is 4.50. The third kappa shape index (κ3) is 3.37. The minimum atomic E-state index is -0.553. The number of carbonyl (C=O) groups excluding carboxylic acids is 1. The van der Waals surface area contributed by atoms with Gasteiger partial charge in [-0.05, 0) is 29.6 Å². The van der Waals surface area contributed by atoms with Crippen molar-refractivity contribution >= 4 is 33.7 Å². The van der Waals surface area contributed by atoms with Gasteiger partial charge in [-0.2, -0.15) is 0 Å². The molecule has 3 rings (SSSR count). The molecule has 0 radical (unpaired) electrons. The smallest absolute Gasteiger partial charge is 0.231 e. The summed E-state index contributed by atoms with van der Waals surface area (Å²) in [5.41, 5.74) is 0.378. The maximum atomic E-state index is 13.7. The topological polar surface area (TPSA) is 42.0 Å². The summed E-state index contributed by atoms with van der Waals surface area (Å²) >= 11 is 2.67. The maximum absolute atomic E-state index is 13.7. The van der Waals surface area contributed by atoms with Crippen LogP contribution in [0.1, 0.15) is 4.88 Å². The van der Waals surface area contributed by atoms with Gasteiger partial charge in [0.05, 0.1) is 12.1 Å². The molecule has 0 aliphatic carbocycles. The number of aromatic nitrogens is 1. The summed E-state index contributed by atoms with van der Waals surface area (Å²) in [6.07, 6.45) is 0.265. The molecule has 1 amide bonds. The molecule has 22 heavy (non-hydrogen) atoms. The van der Waals surface area contributed by atoms with Gasteiger partial charge in [-0.15, -0.1) is 22.7 Å². The van der Waals surface area contributed by atoms with Gasteiger partial charge in [-0.1, -0.05) is 6.07 Å². The third-order valence-electron chi connectivity index (χ3n) is 2.87. The lowest BCUT2D eigenvalue weighted by atomic mass is 10.1. The fraction of sp³-hybridized carbons (Fsp3) is 0.0667. The summed E-state index contributed by atoms with van der Waals surface area (Å²) in [6.45, 7) is 0. The van der Waals surface area contributed by atoms with Crippen LogP contribution in [0.2, 0.25) is 0 Å². The fourth-order valence-corrected chi connectivity index (χ4v) is 3.31. The Hall–Kier alpha value is -2.12. The minimum Gasteiger partial charge on any atom is -0.302 e. The quantitative estimate of drug-likeness (QED) is 0.770. The van der Waals surface area contributed by atoms with Crippen molar-refractivity contribution in [2.75, 3.05) is 5.32 Å². The van der Waals surface area contributed by atoms with Gasteiger partial charge >= 0.3 is 0 Å². The lowest BCUT2D eigenvalue weighted by Crippen LogP contribution is -2.13. The van der Waals surface area contributed by atoms with E-state index in [1.807, 2.05) is 17.5 Å². The molecular formula is C15H10F2N2OS2. The number of nitrogens with zero attached hydrogens (tertiary/aromatic N) is 1. The predicted octanol–water partition coefficient (Wildman–Crippen LogP) is 4.33. The summed E-state index contributed by atoms with van der Waals surface area (Å²) < 4.78 is 26.9. The van der Waals surface area contributed by atoms with Crippen LogP contribution in [0.5, 0.6) is 0 Å². The van der Waals surface area contributed by atoms with Gasteiger partial charge in [0.25, 0.3) is 0 Å². The van der Waals surface area contributed by atoms with Crippen LogP contribution in [0, 0.1) is 11.6 Å². The van der Waals surface area contributed by atoms with E-state index in [0.717, 1.165) is 23.1 Å². The maximum Gasteiger partial charge on any atom is 0.231 e. The molecule has 3 aromatic rings. The first-order valence-electron chi connectivity index (χ1n) is 6.35.